The molecular formula is C8H10NO5P2+. The van der Waals surface area contributed by atoms with E-state index in [-0.39, 0.29) is 0 Å². The molecule has 8 heteroatoms. The molecule has 6 nitrogen and oxygen atoms in total. The Morgan fingerprint density at radius 2 is 2.25 bits per heavy atom. The normalized spacial score (nSPS) is 28.4. The van der Waals surface area contributed by atoms with Crippen molar-refractivity contribution in [1.82, 2.24) is 4.98 Å². The van der Waals surface area contributed by atoms with Crippen molar-refractivity contribution in [3.63, 3.8) is 0 Å². The van der Waals surface area contributed by atoms with E-state index >= 15 is 0 Å². The monoisotopic (exact) mass is 262 g/mol. The third-order valence-corrected chi connectivity index (χ3v) is 5.47. The predicted octanol–water partition coefficient (Wildman–Crippen LogP) is 1.88. The van der Waals surface area contributed by atoms with Gasteiger partial charge in [0.15, 0.2) is 0 Å². The van der Waals surface area contributed by atoms with E-state index in [2.05, 4.69) is 4.98 Å². The highest BCUT2D eigenvalue weighted by Gasteiger charge is 2.58. The highest BCUT2D eigenvalue weighted by molar-refractivity contribution is 7.69. The van der Waals surface area contributed by atoms with Gasteiger partial charge < -0.3 is 0 Å². The summed E-state index contributed by atoms with van der Waals surface area (Å²) < 4.78 is 31.0. The number of hydrogen-bond acceptors (Lipinski definition) is 6. The molecule has 0 unspecified atom stereocenters. The van der Waals surface area contributed by atoms with Gasteiger partial charge in [0.25, 0.3) is 6.29 Å². The molecular weight excluding hydrogens is 252 g/mol. The smallest absolute Gasteiger partial charge is 0.264 e. The second-order valence-electron chi connectivity index (χ2n) is 3.32. The second kappa shape index (κ2) is 4.70. The number of nitrogens with zero attached hydrogens (tertiary/aromatic N) is 1. The maximum Gasteiger partial charge on any atom is 0.429 e. The third-order valence-electron chi connectivity index (χ3n) is 1.98. The average molecular weight is 262 g/mol. The van der Waals surface area contributed by atoms with Gasteiger partial charge in [-0.05, 0) is 11.6 Å². The number of aromatic nitrogens is 1. The van der Waals surface area contributed by atoms with Gasteiger partial charge >= 0.3 is 15.6 Å². The fraction of sp³-hybridized carbons (Fsp3) is 0.375. The van der Waals surface area contributed by atoms with Gasteiger partial charge in [-0.15, -0.1) is 9.05 Å². The van der Waals surface area contributed by atoms with Crippen molar-refractivity contribution in [3.05, 3.63) is 30.1 Å². The largest absolute Gasteiger partial charge is 0.429 e. The molecule has 0 aliphatic carbocycles. The van der Waals surface area contributed by atoms with Crippen LogP contribution in [-0.4, -0.2) is 22.1 Å². The molecule has 1 saturated heterocycles. The Hall–Kier alpha value is -0.640. The molecule has 0 saturated carbocycles. The van der Waals surface area contributed by atoms with Gasteiger partial charge in [-0.3, -0.25) is 4.98 Å². The molecule has 0 amide bonds. The van der Waals surface area contributed by atoms with E-state index in [1.54, 1.807) is 18.5 Å². The van der Waals surface area contributed by atoms with Gasteiger partial charge in [0.1, 0.15) is 0 Å². The summed E-state index contributed by atoms with van der Waals surface area (Å²) in [5, 5.41) is 0. The summed E-state index contributed by atoms with van der Waals surface area (Å²) in [5.74, 6) is -0.439. The zero-order chi connectivity index (χ0) is 11.6. The highest BCUT2D eigenvalue weighted by Crippen LogP contribution is 2.69. The number of hydrogen-bond donors (Lipinski definition) is 1. The molecule has 1 N–H and O–H groups in total. The van der Waals surface area contributed by atoms with E-state index in [0.717, 1.165) is 5.56 Å². The van der Waals surface area contributed by atoms with Crippen LogP contribution in [0, 0.1) is 0 Å². The fourth-order valence-corrected chi connectivity index (χ4v) is 3.97. The van der Waals surface area contributed by atoms with E-state index in [4.69, 9.17) is 9.05 Å². The Balaban J connectivity index is 1.85. The third kappa shape index (κ3) is 2.94. The quantitative estimate of drug-likeness (QED) is 0.834. The lowest BCUT2D eigenvalue weighted by Gasteiger charge is -2.29. The summed E-state index contributed by atoms with van der Waals surface area (Å²) in [6.45, 7) is 0. The summed E-state index contributed by atoms with van der Waals surface area (Å²) in [7, 11) is -5.79. The lowest BCUT2D eigenvalue weighted by Crippen LogP contribution is -2.32. The number of rotatable bonds is 4. The zero-order valence-electron chi connectivity index (χ0n) is 8.22. The van der Waals surface area contributed by atoms with Crippen LogP contribution in [0.2, 0.25) is 0 Å². The van der Waals surface area contributed by atoms with Gasteiger partial charge in [0.05, 0.1) is 0 Å². The maximum atomic E-state index is 10.4. The minimum atomic E-state index is -3.11. The van der Waals surface area contributed by atoms with Crippen molar-refractivity contribution in [1.29, 1.82) is 0 Å². The first-order valence-electron chi connectivity index (χ1n) is 4.56. The molecule has 0 radical (unpaired) electrons. The lowest BCUT2D eigenvalue weighted by atomic mass is 10.2. The first-order valence-corrected chi connectivity index (χ1v) is 7.68. The Bertz CT molecular complexity index is 421. The molecule has 0 spiro atoms. The first-order chi connectivity index (χ1) is 7.57. The Morgan fingerprint density at radius 1 is 1.50 bits per heavy atom. The van der Waals surface area contributed by atoms with E-state index < -0.39 is 27.8 Å². The SMILES string of the molecule is O=P(=O)C[P+]1(O)OC(Cc2cccnc2)O1. The van der Waals surface area contributed by atoms with Crippen molar-refractivity contribution >= 4 is 15.6 Å². The van der Waals surface area contributed by atoms with Crippen LogP contribution in [0.1, 0.15) is 5.56 Å². The van der Waals surface area contributed by atoms with Crippen molar-refractivity contribution in [3.8, 4) is 0 Å². The summed E-state index contributed by atoms with van der Waals surface area (Å²) in [6, 6.07) is 3.63. The van der Waals surface area contributed by atoms with Crippen molar-refractivity contribution < 1.29 is 23.1 Å². The zero-order valence-corrected chi connectivity index (χ0v) is 10.0. The molecule has 0 atom stereocenters. The molecule has 1 aliphatic rings. The van der Waals surface area contributed by atoms with Crippen LogP contribution in [0.3, 0.4) is 0 Å². The van der Waals surface area contributed by atoms with Crippen LogP contribution in [0.25, 0.3) is 0 Å². The topological polar surface area (TPSA) is 85.7 Å². The maximum absolute atomic E-state index is 10.4. The number of pyridine rings is 1. The van der Waals surface area contributed by atoms with Crippen LogP contribution >= 0.6 is 15.6 Å². The average Bonchev–Trinajstić information content (AvgIpc) is 2.15. The van der Waals surface area contributed by atoms with Crippen LogP contribution < -0.4 is 0 Å². The standard InChI is InChI=1S/C8H10NO5P2/c10-15(11)6-16(12)13-8(14-16)4-7-2-1-3-9-5-7/h1-3,5,8,12H,4,6H2/q+1. The Labute approximate surface area is 93.0 Å². The fourth-order valence-electron chi connectivity index (χ4n) is 1.37. The van der Waals surface area contributed by atoms with Crippen molar-refractivity contribution in [2.24, 2.45) is 0 Å². The molecule has 2 heterocycles. The highest BCUT2D eigenvalue weighted by atomic mass is 31.2. The van der Waals surface area contributed by atoms with E-state index in [1.165, 1.54) is 0 Å². The minimum absolute atomic E-state index is 0.439. The Kier molecular flexibility index (Phi) is 3.47. The molecule has 86 valence electrons. The lowest BCUT2D eigenvalue weighted by molar-refractivity contribution is -0.105. The van der Waals surface area contributed by atoms with E-state index in [0.29, 0.717) is 6.42 Å². The summed E-state index contributed by atoms with van der Waals surface area (Å²) >= 11 is 0. The molecule has 1 aromatic rings. The van der Waals surface area contributed by atoms with Gasteiger partial charge in [-0.25, -0.2) is 9.13 Å². The summed E-state index contributed by atoms with van der Waals surface area (Å²) in [5.41, 5.74) is 0.908. The van der Waals surface area contributed by atoms with Gasteiger partial charge in [0.2, 0.25) is 5.90 Å². The van der Waals surface area contributed by atoms with Crippen LogP contribution in [0.15, 0.2) is 24.5 Å². The summed E-state index contributed by atoms with van der Waals surface area (Å²) in [6.07, 6.45) is 3.19. The molecule has 1 aromatic heterocycles. The second-order valence-corrected chi connectivity index (χ2v) is 6.81. The Morgan fingerprint density at radius 3 is 2.81 bits per heavy atom. The van der Waals surface area contributed by atoms with Crippen LogP contribution in [-0.2, 0) is 24.6 Å². The van der Waals surface area contributed by atoms with Crippen LogP contribution in [0.4, 0.5) is 0 Å². The van der Waals surface area contributed by atoms with Crippen LogP contribution in [0.5, 0.6) is 0 Å². The summed E-state index contributed by atoms with van der Waals surface area (Å²) in [4.78, 5) is 13.4. The molecule has 1 fully saturated rings. The molecule has 2 rings (SSSR count). The first kappa shape index (κ1) is 11.8. The van der Waals surface area contributed by atoms with Gasteiger partial charge in [-0.2, -0.15) is 4.89 Å². The van der Waals surface area contributed by atoms with Crippen molar-refractivity contribution in [2.75, 3.05) is 5.90 Å². The van der Waals surface area contributed by atoms with E-state index in [1.807, 2.05) is 6.07 Å². The van der Waals surface area contributed by atoms with Gasteiger partial charge in [0, 0.05) is 18.8 Å². The predicted molar refractivity (Wildman–Crippen MR) is 56.2 cm³/mol. The van der Waals surface area contributed by atoms with Crippen molar-refractivity contribution in [2.45, 2.75) is 12.7 Å². The van der Waals surface area contributed by atoms with Gasteiger partial charge in [-0.1, -0.05) is 6.07 Å². The minimum Gasteiger partial charge on any atom is -0.264 e. The van der Waals surface area contributed by atoms with E-state index in [9.17, 15) is 14.0 Å². The molecule has 16 heavy (non-hydrogen) atoms. The molecule has 1 aliphatic heterocycles. The molecule has 0 aromatic carbocycles. The molecule has 0 bridgehead atoms.